The fourth-order valence-electron chi connectivity index (χ4n) is 0.596. The van der Waals surface area contributed by atoms with E-state index in [0.29, 0.717) is 0 Å². The van der Waals surface area contributed by atoms with E-state index in [1.807, 2.05) is 0 Å². The number of ether oxygens (including phenoxy) is 1. The van der Waals surface area contributed by atoms with Crippen molar-refractivity contribution in [2.24, 2.45) is 5.73 Å². The van der Waals surface area contributed by atoms with Crippen LogP contribution in [0, 0.1) is 0 Å². The number of primary amides is 1. The van der Waals surface area contributed by atoms with Crippen molar-refractivity contribution in [3.05, 3.63) is 18.1 Å². The number of carbonyl (C=O) groups is 1. The van der Waals surface area contributed by atoms with Crippen molar-refractivity contribution in [1.82, 2.24) is 9.97 Å². The van der Waals surface area contributed by atoms with Gasteiger partial charge < -0.3 is 10.5 Å². The maximum Gasteiger partial charge on any atom is 0.388 e. The SMILES string of the molecule is NC(=O)c1cnc(OC(F)F)cn1. The molecule has 0 spiro atoms. The zero-order valence-electron chi connectivity index (χ0n) is 6.28. The number of nitrogens with two attached hydrogens (primary N) is 1. The minimum Gasteiger partial charge on any atom is -0.415 e. The van der Waals surface area contributed by atoms with Crippen LogP contribution in [0.15, 0.2) is 12.4 Å². The average molecular weight is 189 g/mol. The molecule has 0 atom stereocenters. The van der Waals surface area contributed by atoms with Gasteiger partial charge in [-0.05, 0) is 0 Å². The van der Waals surface area contributed by atoms with E-state index >= 15 is 0 Å². The summed E-state index contributed by atoms with van der Waals surface area (Å²) < 4.78 is 27.1. The molecule has 0 aromatic carbocycles. The zero-order valence-corrected chi connectivity index (χ0v) is 6.28. The summed E-state index contributed by atoms with van der Waals surface area (Å²) in [6.07, 6.45) is 1.85. The first-order valence-electron chi connectivity index (χ1n) is 3.16. The third kappa shape index (κ3) is 2.62. The van der Waals surface area contributed by atoms with Crippen molar-refractivity contribution in [3.63, 3.8) is 0 Å². The molecule has 0 fully saturated rings. The van der Waals surface area contributed by atoms with Crippen LogP contribution in [-0.2, 0) is 0 Å². The van der Waals surface area contributed by atoms with Gasteiger partial charge in [-0.1, -0.05) is 0 Å². The van der Waals surface area contributed by atoms with Crippen LogP contribution in [-0.4, -0.2) is 22.5 Å². The molecule has 0 aliphatic rings. The Morgan fingerprint density at radius 2 is 2.15 bits per heavy atom. The van der Waals surface area contributed by atoms with Gasteiger partial charge in [-0.25, -0.2) is 9.97 Å². The van der Waals surface area contributed by atoms with Gasteiger partial charge in [0.1, 0.15) is 5.69 Å². The topological polar surface area (TPSA) is 78.1 Å². The van der Waals surface area contributed by atoms with Crippen molar-refractivity contribution in [3.8, 4) is 5.88 Å². The van der Waals surface area contributed by atoms with Gasteiger partial charge in [0.2, 0.25) is 5.88 Å². The van der Waals surface area contributed by atoms with Gasteiger partial charge in [-0.3, -0.25) is 4.79 Å². The van der Waals surface area contributed by atoms with E-state index in [4.69, 9.17) is 5.73 Å². The zero-order chi connectivity index (χ0) is 9.84. The van der Waals surface area contributed by atoms with Crippen LogP contribution in [0.1, 0.15) is 10.5 Å². The Kier molecular flexibility index (Phi) is 2.68. The molecule has 0 aliphatic heterocycles. The first-order chi connectivity index (χ1) is 6.09. The van der Waals surface area contributed by atoms with Crippen molar-refractivity contribution in [2.45, 2.75) is 6.61 Å². The molecule has 1 heterocycles. The Bertz CT molecular complexity index is 301. The normalized spacial score (nSPS) is 10.1. The molecule has 0 saturated heterocycles. The van der Waals surface area contributed by atoms with E-state index < -0.39 is 12.5 Å². The number of hydrogen-bond donors (Lipinski definition) is 1. The van der Waals surface area contributed by atoms with Crippen LogP contribution >= 0.6 is 0 Å². The van der Waals surface area contributed by atoms with Gasteiger partial charge >= 0.3 is 6.61 Å². The first-order valence-corrected chi connectivity index (χ1v) is 3.16. The van der Waals surface area contributed by atoms with E-state index in [2.05, 4.69) is 14.7 Å². The summed E-state index contributed by atoms with van der Waals surface area (Å²) >= 11 is 0. The summed E-state index contributed by atoms with van der Waals surface area (Å²) in [7, 11) is 0. The molecular formula is C6H5F2N3O2. The first kappa shape index (κ1) is 9.30. The minimum absolute atomic E-state index is 0.110. The summed E-state index contributed by atoms with van der Waals surface area (Å²) in [6, 6.07) is 0. The number of amides is 1. The molecule has 5 nitrogen and oxygen atoms in total. The third-order valence-corrected chi connectivity index (χ3v) is 1.09. The third-order valence-electron chi connectivity index (χ3n) is 1.09. The predicted molar refractivity (Wildman–Crippen MR) is 37.2 cm³/mol. The second-order valence-electron chi connectivity index (χ2n) is 1.98. The Morgan fingerprint density at radius 3 is 2.54 bits per heavy atom. The van der Waals surface area contributed by atoms with E-state index in [-0.39, 0.29) is 11.6 Å². The summed E-state index contributed by atoms with van der Waals surface area (Å²) in [4.78, 5) is 17.3. The number of nitrogens with zero attached hydrogens (tertiary/aromatic N) is 2. The molecular weight excluding hydrogens is 184 g/mol. The second-order valence-corrected chi connectivity index (χ2v) is 1.98. The smallest absolute Gasteiger partial charge is 0.388 e. The maximum absolute atomic E-state index is 11.6. The van der Waals surface area contributed by atoms with Crippen LogP contribution in [0.3, 0.4) is 0 Å². The van der Waals surface area contributed by atoms with Crippen LogP contribution < -0.4 is 10.5 Å². The van der Waals surface area contributed by atoms with Crippen molar-refractivity contribution in [2.75, 3.05) is 0 Å². The van der Waals surface area contributed by atoms with Crippen molar-refractivity contribution in [1.29, 1.82) is 0 Å². The number of hydrogen-bond acceptors (Lipinski definition) is 4. The Labute approximate surface area is 71.5 Å². The lowest BCUT2D eigenvalue weighted by molar-refractivity contribution is -0.0531. The molecule has 0 unspecified atom stereocenters. The quantitative estimate of drug-likeness (QED) is 0.735. The second kappa shape index (κ2) is 3.74. The molecule has 0 radical (unpaired) electrons. The standard InChI is InChI=1S/C6H5F2N3O2/c7-6(8)13-4-2-10-3(1-11-4)5(9)12/h1-2,6H,(H2,9,12). The number of rotatable bonds is 3. The van der Waals surface area contributed by atoms with E-state index in [1.165, 1.54) is 0 Å². The molecule has 70 valence electrons. The van der Waals surface area contributed by atoms with Crippen molar-refractivity contribution >= 4 is 5.91 Å². The fourth-order valence-corrected chi connectivity index (χ4v) is 0.596. The van der Waals surface area contributed by atoms with E-state index in [9.17, 15) is 13.6 Å². The van der Waals surface area contributed by atoms with Gasteiger partial charge in [-0.15, -0.1) is 0 Å². The average Bonchev–Trinajstić information content (AvgIpc) is 2.04. The molecule has 13 heavy (non-hydrogen) atoms. The number of alkyl halides is 2. The van der Waals surface area contributed by atoms with Crippen LogP contribution in [0.5, 0.6) is 5.88 Å². The van der Waals surface area contributed by atoms with Gasteiger partial charge in [-0.2, -0.15) is 8.78 Å². The molecule has 2 N–H and O–H groups in total. The number of carbonyl (C=O) groups excluding carboxylic acids is 1. The van der Waals surface area contributed by atoms with Gasteiger partial charge in [0, 0.05) is 0 Å². The lowest BCUT2D eigenvalue weighted by Gasteiger charge is -2.01. The van der Waals surface area contributed by atoms with Gasteiger partial charge in [0.15, 0.2) is 0 Å². The monoisotopic (exact) mass is 189 g/mol. The van der Waals surface area contributed by atoms with E-state index in [0.717, 1.165) is 12.4 Å². The van der Waals surface area contributed by atoms with Gasteiger partial charge in [0.05, 0.1) is 12.4 Å². The molecule has 1 aromatic heterocycles. The van der Waals surface area contributed by atoms with Gasteiger partial charge in [0.25, 0.3) is 5.91 Å². The largest absolute Gasteiger partial charge is 0.415 e. The molecule has 7 heteroatoms. The Hall–Kier alpha value is -1.79. The molecule has 1 amide bonds. The predicted octanol–water partition coefficient (Wildman–Crippen LogP) is 0.177. The highest BCUT2D eigenvalue weighted by Gasteiger charge is 2.07. The highest BCUT2D eigenvalue weighted by Crippen LogP contribution is 2.07. The fraction of sp³-hybridized carbons (Fsp3) is 0.167. The van der Waals surface area contributed by atoms with Crippen molar-refractivity contribution < 1.29 is 18.3 Å². The number of aromatic nitrogens is 2. The molecule has 1 aromatic rings. The Balaban J connectivity index is 2.75. The molecule has 0 saturated carbocycles. The summed E-state index contributed by atoms with van der Waals surface area (Å²) in [6.45, 7) is -2.96. The van der Waals surface area contributed by atoms with E-state index in [1.54, 1.807) is 0 Å². The lowest BCUT2D eigenvalue weighted by atomic mass is 10.4. The number of halogens is 2. The summed E-state index contributed by atoms with van der Waals surface area (Å²) in [5.74, 6) is -1.14. The molecule has 0 bridgehead atoms. The van der Waals surface area contributed by atoms with Crippen LogP contribution in [0.4, 0.5) is 8.78 Å². The highest BCUT2D eigenvalue weighted by molar-refractivity contribution is 5.90. The maximum atomic E-state index is 11.6. The molecule has 1 rings (SSSR count). The Morgan fingerprint density at radius 1 is 1.46 bits per heavy atom. The van der Waals surface area contributed by atoms with Crippen LogP contribution in [0.25, 0.3) is 0 Å². The lowest BCUT2D eigenvalue weighted by Crippen LogP contribution is -2.13. The van der Waals surface area contributed by atoms with Crippen LogP contribution in [0.2, 0.25) is 0 Å². The molecule has 0 aliphatic carbocycles. The minimum atomic E-state index is -2.96. The summed E-state index contributed by atoms with van der Waals surface area (Å²) in [5, 5.41) is 0. The highest BCUT2D eigenvalue weighted by atomic mass is 19.3. The summed E-state index contributed by atoms with van der Waals surface area (Å²) in [5.41, 5.74) is 4.73.